The quantitative estimate of drug-likeness (QED) is 0.521. The summed E-state index contributed by atoms with van der Waals surface area (Å²) in [5.41, 5.74) is 6.00. The van der Waals surface area contributed by atoms with Crippen LogP contribution in [0.1, 0.15) is 38.3 Å². The van der Waals surface area contributed by atoms with Crippen molar-refractivity contribution in [2.45, 2.75) is 44.6 Å². The Hall–Kier alpha value is -2.39. The molecule has 0 saturated carbocycles. The van der Waals surface area contributed by atoms with Gasteiger partial charge in [0.25, 0.3) is 0 Å². The number of esters is 1. The van der Waals surface area contributed by atoms with Gasteiger partial charge in [-0.1, -0.05) is 0 Å². The molecule has 2 heterocycles. The van der Waals surface area contributed by atoms with E-state index in [1.165, 1.54) is 7.11 Å². The average Bonchev–Trinajstić information content (AvgIpc) is 3.07. The van der Waals surface area contributed by atoms with Gasteiger partial charge in [0.15, 0.2) is 6.04 Å². The molecule has 0 aliphatic carbocycles. The molecule has 164 valence electrons. The standard InChI is InChI=1S/C21H29N3O5S/c1-21(2,3)29-20(26)22-9-6-10-24-17(19(25)28-5)18-16(23-24)15-8-7-14(27-4)11-13(15)12-30-18/h7-8,11,17,23H,6,9-10,12H2,1-5H3,(H,22,26). The zero-order valence-electron chi connectivity index (χ0n) is 18.0. The maximum atomic E-state index is 12.5. The van der Waals surface area contributed by atoms with Crippen LogP contribution in [-0.2, 0) is 20.0 Å². The molecule has 0 bridgehead atoms. The van der Waals surface area contributed by atoms with Gasteiger partial charge in [0.2, 0.25) is 0 Å². The molecule has 1 amide bonds. The largest absolute Gasteiger partial charge is 0.497 e. The number of hydrogen-bond donors (Lipinski definition) is 2. The van der Waals surface area contributed by atoms with Crippen molar-refractivity contribution in [1.29, 1.82) is 0 Å². The number of hydrogen-bond acceptors (Lipinski definition) is 8. The third kappa shape index (κ3) is 5.02. The van der Waals surface area contributed by atoms with E-state index in [1.807, 2.05) is 44.0 Å². The first kappa shape index (κ1) is 22.3. The van der Waals surface area contributed by atoms with Gasteiger partial charge in [-0.05, 0) is 51.0 Å². The van der Waals surface area contributed by atoms with Crippen LogP contribution in [0.5, 0.6) is 5.75 Å². The number of fused-ring (bicyclic) bond motifs is 2. The van der Waals surface area contributed by atoms with Crippen LogP contribution < -0.4 is 15.5 Å². The molecular weight excluding hydrogens is 406 g/mol. The molecule has 3 rings (SSSR count). The highest BCUT2D eigenvalue weighted by Crippen LogP contribution is 2.44. The van der Waals surface area contributed by atoms with E-state index >= 15 is 0 Å². The van der Waals surface area contributed by atoms with Crippen LogP contribution in [0.2, 0.25) is 0 Å². The maximum absolute atomic E-state index is 12.5. The second kappa shape index (κ2) is 9.18. The summed E-state index contributed by atoms with van der Waals surface area (Å²) in [7, 11) is 3.05. The molecule has 0 saturated heterocycles. The lowest BCUT2D eigenvalue weighted by molar-refractivity contribution is -0.145. The Morgan fingerprint density at radius 3 is 2.73 bits per heavy atom. The van der Waals surface area contributed by atoms with Crippen molar-refractivity contribution in [2.75, 3.05) is 27.3 Å². The van der Waals surface area contributed by atoms with E-state index in [2.05, 4.69) is 10.7 Å². The van der Waals surface area contributed by atoms with E-state index in [9.17, 15) is 9.59 Å². The molecule has 8 nitrogen and oxygen atoms in total. The van der Waals surface area contributed by atoms with Crippen LogP contribution in [0.3, 0.4) is 0 Å². The molecule has 0 aromatic heterocycles. The molecule has 2 aliphatic heterocycles. The first-order valence-corrected chi connectivity index (χ1v) is 10.8. The third-order valence-corrected chi connectivity index (χ3v) is 5.89. The number of hydrazine groups is 1. The van der Waals surface area contributed by atoms with Gasteiger partial charge in [0.05, 0.1) is 19.9 Å². The van der Waals surface area contributed by atoms with Gasteiger partial charge in [-0.3, -0.25) is 0 Å². The topological polar surface area (TPSA) is 89.1 Å². The highest BCUT2D eigenvalue weighted by atomic mass is 32.2. The Kier molecular flexibility index (Phi) is 6.82. The van der Waals surface area contributed by atoms with Crippen molar-refractivity contribution >= 4 is 29.5 Å². The summed E-state index contributed by atoms with van der Waals surface area (Å²) < 4.78 is 15.6. The number of benzene rings is 1. The molecule has 0 radical (unpaired) electrons. The molecule has 2 aliphatic rings. The molecule has 1 aromatic rings. The van der Waals surface area contributed by atoms with E-state index in [0.29, 0.717) is 19.5 Å². The summed E-state index contributed by atoms with van der Waals surface area (Å²) in [6.07, 6.45) is 0.192. The Labute approximate surface area is 181 Å². The number of carbonyl (C=O) groups excluding carboxylic acids is 2. The Morgan fingerprint density at radius 1 is 1.30 bits per heavy atom. The van der Waals surface area contributed by atoms with Crippen molar-refractivity contribution in [3.8, 4) is 5.75 Å². The van der Waals surface area contributed by atoms with E-state index in [-0.39, 0.29) is 5.97 Å². The fourth-order valence-corrected chi connectivity index (χ4v) is 4.62. The van der Waals surface area contributed by atoms with Crippen molar-refractivity contribution in [2.24, 2.45) is 0 Å². The number of nitrogens with zero attached hydrogens (tertiary/aromatic N) is 1. The molecule has 0 fully saturated rings. The lowest BCUT2D eigenvalue weighted by atomic mass is 10.0. The molecule has 30 heavy (non-hydrogen) atoms. The highest BCUT2D eigenvalue weighted by molar-refractivity contribution is 8.02. The van der Waals surface area contributed by atoms with Crippen LogP contribution in [0.15, 0.2) is 23.1 Å². The van der Waals surface area contributed by atoms with Crippen LogP contribution in [0.25, 0.3) is 5.70 Å². The predicted molar refractivity (Wildman–Crippen MR) is 116 cm³/mol. The number of alkyl carbamates (subject to hydrolysis) is 1. The summed E-state index contributed by atoms with van der Waals surface area (Å²) in [4.78, 5) is 25.3. The lowest BCUT2D eigenvalue weighted by Gasteiger charge is -2.24. The number of methoxy groups -OCH3 is 2. The Balaban J connectivity index is 1.67. The van der Waals surface area contributed by atoms with Gasteiger partial charge >= 0.3 is 12.1 Å². The highest BCUT2D eigenvalue weighted by Gasteiger charge is 2.41. The Bertz CT molecular complexity index is 850. The smallest absolute Gasteiger partial charge is 0.407 e. The van der Waals surface area contributed by atoms with Crippen molar-refractivity contribution in [3.63, 3.8) is 0 Å². The van der Waals surface area contributed by atoms with Crippen molar-refractivity contribution < 1.29 is 23.8 Å². The van der Waals surface area contributed by atoms with Crippen molar-refractivity contribution in [1.82, 2.24) is 15.8 Å². The minimum Gasteiger partial charge on any atom is -0.497 e. The summed E-state index contributed by atoms with van der Waals surface area (Å²) >= 11 is 1.63. The molecule has 2 N–H and O–H groups in total. The van der Waals surface area contributed by atoms with E-state index in [0.717, 1.165) is 33.2 Å². The van der Waals surface area contributed by atoms with E-state index in [4.69, 9.17) is 14.2 Å². The predicted octanol–water partition coefficient (Wildman–Crippen LogP) is 2.89. The lowest BCUT2D eigenvalue weighted by Crippen LogP contribution is -2.45. The first-order valence-electron chi connectivity index (χ1n) is 9.85. The maximum Gasteiger partial charge on any atom is 0.407 e. The van der Waals surface area contributed by atoms with Gasteiger partial charge in [-0.25, -0.2) is 14.6 Å². The zero-order valence-corrected chi connectivity index (χ0v) is 18.9. The zero-order chi connectivity index (χ0) is 21.9. The molecule has 0 spiro atoms. The summed E-state index contributed by atoms with van der Waals surface area (Å²) in [5.74, 6) is 1.26. The fourth-order valence-electron chi connectivity index (χ4n) is 3.39. The van der Waals surface area contributed by atoms with Gasteiger partial charge < -0.3 is 25.0 Å². The van der Waals surface area contributed by atoms with E-state index < -0.39 is 17.7 Å². The monoisotopic (exact) mass is 435 g/mol. The normalized spacial score (nSPS) is 18.2. The van der Waals surface area contributed by atoms with Crippen molar-refractivity contribution in [3.05, 3.63) is 34.2 Å². The van der Waals surface area contributed by atoms with Gasteiger partial charge in [0, 0.05) is 29.3 Å². The van der Waals surface area contributed by atoms with Crippen LogP contribution in [-0.4, -0.2) is 56.0 Å². The number of thioether (sulfide) groups is 1. The third-order valence-electron chi connectivity index (χ3n) is 4.70. The number of ether oxygens (including phenoxy) is 3. The van der Waals surface area contributed by atoms with E-state index in [1.54, 1.807) is 18.9 Å². The van der Waals surface area contributed by atoms with Crippen LogP contribution >= 0.6 is 11.8 Å². The number of nitrogens with one attached hydrogen (secondary N) is 2. The first-order chi connectivity index (χ1) is 14.2. The SMILES string of the molecule is COC(=O)C1C2=C(NN1CCCNC(=O)OC(C)(C)C)c1ccc(OC)cc1CS2. The second-order valence-corrected chi connectivity index (χ2v) is 9.08. The summed E-state index contributed by atoms with van der Waals surface area (Å²) in [6.45, 7) is 6.45. The van der Waals surface area contributed by atoms with Gasteiger partial charge in [-0.2, -0.15) is 0 Å². The van der Waals surface area contributed by atoms with Crippen LogP contribution in [0, 0.1) is 0 Å². The molecule has 9 heteroatoms. The summed E-state index contributed by atoms with van der Waals surface area (Å²) in [6, 6.07) is 5.44. The van der Waals surface area contributed by atoms with Gasteiger partial charge in [-0.15, -0.1) is 11.8 Å². The molecular formula is C21H29N3O5S. The molecule has 1 aromatic carbocycles. The second-order valence-electron chi connectivity index (χ2n) is 8.06. The Morgan fingerprint density at radius 2 is 2.07 bits per heavy atom. The fraction of sp³-hybridized carbons (Fsp3) is 0.524. The number of amides is 1. The molecule has 1 unspecified atom stereocenters. The average molecular weight is 436 g/mol. The molecule has 1 atom stereocenters. The van der Waals surface area contributed by atoms with Crippen LogP contribution in [0.4, 0.5) is 4.79 Å². The minimum atomic E-state index is -0.535. The summed E-state index contributed by atoms with van der Waals surface area (Å²) in [5, 5.41) is 4.62. The number of carbonyl (C=O) groups is 2. The minimum absolute atomic E-state index is 0.308. The number of rotatable bonds is 6. The van der Waals surface area contributed by atoms with Gasteiger partial charge in [0.1, 0.15) is 11.4 Å².